The van der Waals surface area contributed by atoms with Gasteiger partial charge < -0.3 is 4.57 Å². The van der Waals surface area contributed by atoms with Crippen LogP contribution in [0.3, 0.4) is 0 Å². The molecule has 0 amide bonds. The van der Waals surface area contributed by atoms with Crippen molar-refractivity contribution in [3.05, 3.63) is 77.9 Å². The normalized spacial score (nSPS) is 12.1. The maximum atomic E-state index is 12.4. The first-order valence-corrected chi connectivity index (χ1v) is 10.0. The topological polar surface area (TPSA) is 39.1 Å². The summed E-state index contributed by atoms with van der Waals surface area (Å²) >= 11 is 0. The molecular formula is C21H18NO2S. The molecule has 1 heterocycles. The summed E-state index contributed by atoms with van der Waals surface area (Å²) < 4.78 is 26.9. The van der Waals surface area contributed by atoms with E-state index in [4.69, 9.17) is 0 Å². The van der Waals surface area contributed by atoms with E-state index < -0.39 is 9.84 Å². The van der Waals surface area contributed by atoms with E-state index in [1.807, 2.05) is 43.3 Å². The lowest BCUT2D eigenvalue weighted by molar-refractivity contribution is 0.602. The monoisotopic (exact) mass is 348 g/mol. The fourth-order valence-corrected chi connectivity index (χ4v) is 4.30. The van der Waals surface area contributed by atoms with Gasteiger partial charge in [-0.15, -0.1) is 0 Å². The van der Waals surface area contributed by atoms with Crippen molar-refractivity contribution in [3.8, 4) is 0 Å². The second-order valence-corrected chi connectivity index (χ2v) is 8.34. The van der Waals surface area contributed by atoms with Crippen molar-refractivity contribution in [2.75, 3.05) is 6.26 Å². The van der Waals surface area contributed by atoms with Gasteiger partial charge in [0.2, 0.25) is 0 Å². The highest BCUT2D eigenvalue weighted by Gasteiger charge is 2.21. The summed E-state index contributed by atoms with van der Waals surface area (Å²) in [4.78, 5) is 0.264. The number of aromatic nitrogens is 1. The fourth-order valence-electron chi connectivity index (χ4n) is 3.47. The van der Waals surface area contributed by atoms with Gasteiger partial charge in [0.15, 0.2) is 9.84 Å². The van der Waals surface area contributed by atoms with Gasteiger partial charge in [-0.25, -0.2) is 8.42 Å². The maximum absolute atomic E-state index is 12.4. The average Bonchev–Trinajstić information content (AvgIpc) is 2.91. The molecule has 0 aliphatic carbocycles. The van der Waals surface area contributed by atoms with Gasteiger partial charge in [-0.1, -0.05) is 48.5 Å². The fraction of sp³-hybridized carbons (Fsp3) is 0.143. The lowest BCUT2D eigenvalue weighted by Crippen LogP contribution is -2.05. The van der Waals surface area contributed by atoms with Crippen LogP contribution in [0.5, 0.6) is 0 Å². The molecule has 0 fully saturated rings. The Morgan fingerprint density at radius 3 is 2.40 bits per heavy atom. The summed E-state index contributed by atoms with van der Waals surface area (Å²) in [5.74, 6) is 0. The van der Waals surface area contributed by atoms with Crippen LogP contribution >= 0.6 is 0 Å². The Morgan fingerprint density at radius 1 is 1.00 bits per heavy atom. The lowest BCUT2D eigenvalue weighted by Gasteiger charge is -2.11. The van der Waals surface area contributed by atoms with Crippen molar-refractivity contribution in [1.29, 1.82) is 0 Å². The van der Waals surface area contributed by atoms with Crippen LogP contribution in [0.4, 0.5) is 0 Å². The number of sulfone groups is 1. The third kappa shape index (κ3) is 2.63. The first-order chi connectivity index (χ1) is 12.0. The first kappa shape index (κ1) is 15.9. The zero-order valence-electron chi connectivity index (χ0n) is 14.2. The van der Waals surface area contributed by atoms with Crippen LogP contribution in [-0.4, -0.2) is 19.2 Å². The molecule has 0 N–H and O–H groups in total. The van der Waals surface area contributed by atoms with Crippen LogP contribution in [0.15, 0.2) is 65.6 Å². The number of nitrogens with zero attached hydrogens (tertiary/aromatic N) is 1. The molecule has 125 valence electrons. The van der Waals surface area contributed by atoms with Gasteiger partial charge in [-0.05, 0) is 30.2 Å². The number of benzene rings is 3. The van der Waals surface area contributed by atoms with Crippen LogP contribution in [-0.2, 0) is 16.4 Å². The number of rotatable bonds is 3. The van der Waals surface area contributed by atoms with Gasteiger partial charge in [-0.3, -0.25) is 0 Å². The molecule has 0 spiro atoms. The first-order valence-electron chi connectivity index (χ1n) is 8.13. The quantitative estimate of drug-likeness (QED) is 0.552. The number of hydrogen-bond donors (Lipinski definition) is 0. The van der Waals surface area contributed by atoms with Crippen molar-refractivity contribution >= 4 is 31.6 Å². The predicted molar refractivity (Wildman–Crippen MR) is 102 cm³/mol. The van der Waals surface area contributed by atoms with Crippen molar-refractivity contribution in [3.63, 3.8) is 0 Å². The Kier molecular flexibility index (Phi) is 3.65. The lowest BCUT2D eigenvalue weighted by atomic mass is 10.1. The second-order valence-electron chi connectivity index (χ2n) is 6.39. The van der Waals surface area contributed by atoms with Gasteiger partial charge in [0.1, 0.15) is 0 Å². The van der Waals surface area contributed by atoms with E-state index in [0.29, 0.717) is 6.54 Å². The summed E-state index contributed by atoms with van der Waals surface area (Å²) in [6.45, 7) is 2.62. The van der Waals surface area contributed by atoms with E-state index in [-0.39, 0.29) is 4.90 Å². The number of para-hydroxylation sites is 1. The molecule has 0 atom stereocenters. The van der Waals surface area contributed by atoms with Crippen molar-refractivity contribution in [2.45, 2.75) is 18.4 Å². The van der Waals surface area contributed by atoms with Gasteiger partial charge in [0, 0.05) is 35.2 Å². The van der Waals surface area contributed by atoms with Gasteiger partial charge >= 0.3 is 0 Å². The summed E-state index contributed by atoms with van der Waals surface area (Å²) in [5.41, 5.74) is 3.94. The molecule has 25 heavy (non-hydrogen) atoms. The Hall–Kier alpha value is -2.59. The second kappa shape index (κ2) is 5.74. The van der Waals surface area contributed by atoms with Gasteiger partial charge in [0.25, 0.3) is 0 Å². The molecule has 0 unspecified atom stereocenters. The summed E-state index contributed by atoms with van der Waals surface area (Å²) in [6.07, 6.45) is 1.25. The molecule has 1 radical (unpaired) electrons. The van der Waals surface area contributed by atoms with Crippen molar-refractivity contribution < 1.29 is 8.42 Å². The molecule has 4 heteroatoms. The Labute approximate surface area is 147 Å². The maximum Gasteiger partial charge on any atom is 0.178 e. The Morgan fingerprint density at radius 2 is 1.68 bits per heavy atom. The van der Waals surface area contributed by atoms with Crippen molar-refractivity contribution in [2.24, 2.45) is 0 Å². The minimum absolute atomic E-state index is 0.264. The number of fused-ring (bicyclic) bond motifs is 3. The number of aryl methyl sites for hydroxylation is 1. The van der Waals surface area contributed by atoms with E-state index in [1.54, 1.807) is 6.07 Å². The summed E-state index contributed by atoms with van der Waals surface area (Å²) in [6, 6.07) is 22.9. The van der Waals surface area contributed by atoms with E-state index >= 15 is 0 Å². The summed E-state index contributed by atoms with van der Waals surface area (Å²) in [5, 5.41) is 2.07. The van der Waals surface area contributed by atoms with Crippen LogP contribution in [0, 0.1) is 13.0 Å². The predicted octanol–water partition coefficient (Wildman–Crippen LogP) is 4.35. The molecule has 3 nitrogen and oxygen atoms in total. The standard InChI is InChI=1S/C21H18NO2S/c1-15-12-13-19(25(2,23)24)21-20(15)17-10-6-7-11-18(17)22(21)14-16-8-4-3-5-9-16/h3-12H,14H2,1-2H3. The third-order valence-electron chi connectivity index (χ3n) is 4.55. The minimum atomic E-state index is -3.38. The largest absolute Gasteiger partial charge is 0.335 e. The molecule has 4 rings (SSSR count). The van der Waals surface area contributed by atoms with E-state index in [1.165, 1.54) is 6.26 Å². The zero-order valence-corrected chi connectivity index (χ0v) is 15.0. The molecule has 1 aromatic heterocycles. The molecular weight excluding hydrogens is 330 g/mol. The average molecular weight is 348 g/mol. The molecule has 3 aromatic carbocycles. The highest BCUT2D eigenvalue weighted by molar-refractivity contribution is 7.91. The van der Waals surface area contributed by atoms with Gasteiger partial charge in [-0.2, -0.15) is 0 Å². The molecule has 0 saturated carbocycles. The van der Waals surface area contributed by atoms with Crippen LogP contribution in [0.1, 0.15) is 11.1 Å². The minimum Gasteiger partial charge on any atom is -0.335 e. The Balaban J connectivity index is 2.16. The molecule has 0 saturated heterocycles. The molecule has 0 aliphatic heterocycles. The Bertz CT molecular complexity index is 1190. The van der Waals surface area contributed by atoms with Crippen molar-refractivity contribution in [1.82, 2.24) is 4.57 Å². The molecule has 4 aromatic rings. The highest BCUT2D eigenvalue weighted by Crippen LogP contribution is 2.35. The molecule has 0 bridgehead atoms. The van der Waals surface area contributed by atoms with Crippen LogP contribution in [0.2, 0.25) is 0 Å². The zero-order chi connectivity index (χ0) is 17.6. The number of hydrogen-bond acceptors (Lipinski definition) is 2. The van der Waals surface area contributed by atoms with E-state index in [0.717, 1.165) is 32.9 Å². The van der Waals surface area contributed by atoms with Crippen LogP contribution < -0.4 is 0 Å². The van der Waals surface area contributed by atoms with Crippen LogP contribution in [0.25, 0.3) is 21.8 Å². The third-order valence-corrected chi connectivity index (χ3v) is 5.61. The van der Waals surface area contributed by atoms with E-state index in [2.05, 4.69) is 28.8 Å². The smallest absolute Gasteiger partial charge is 0.178 e. The van der Waals surface area contributed by atoms with E-state index in [9.17, 15) is 8.42 Å². The summed E-state index contributed by atoms with van der Waals surface area (Å²) in [7, 11) is -3.38. The highest BCUT2D eigenvalue weighted by atomic mass is 32.2. The van der Waals surface area contributed by atoms with Gasteiger partial charge in [0.05, 0.1) is 10.4 Å². The SMILES string of the molecule is Cc1c[c]c(S(C)(=O)=O)c2c1c1ccccc1n2Cc1ccccc1. The molecule has 0 aliphatic rings.